The summed E-state index contributed by atoms with van der Waals surface area (Å²) in [7, 11) is 0. The van der Waals surface area contributed by atoms with E-state index in [1.165, 1.54) is 0 Å². The highest BCUT2D eigenvalue weighted by Crippen LogP contribution is 2.42. The highest BCUT2D eigenvalue weighted by molar-refractivity contribution is 5.70. The number of aliphatic hydroxyl groups excluding tert-OH is 1. The van der Waals surface area contributed by atoms with Crippen LogP contribution in [0.1, 0.15) is 18.9 Å². The average molecular weight is 208 g/mol. The van der Waals surface area contributed by atoms with Crippen LogP contribution in [0, 0.1) is 6.57 Å². The van der Waals surface area contributed by atoms with Crippen molar-refractivity contribution in [1.82, 2.24) is 9.78 Å². The Balaban J connectivity index is 2.28. The van der Waals surface area contributed by atoms with Crippen molar-refractivity contribution in [3.8, 4) is 5.88 Å². The van der Waals surface area contributed by atoms with Gasteiger partial charge in [0.15, 0.2) is 0 Å². The Labute approximate surface area is 87.1 Å². The van der Waals surface area contributed by atoms with E-state index in [9.17, 15) is 0 Å². The molecule has 0 radical (unpaired) electrons. The molecule has 0 atom stereocenters. The minimum absolute atomic E-state index is 0.104. The zero-order valence-electron chi connectivity index (χ0n) is 8.18. The Hall–Kier alpha value is -1.74. The van der Waals surface area contributed by atoms with Gasteiger partial charge in [-0.25, -0.2) is 4.85 Å². The van der Waals surface area contributed by atoms with Gasteiger partial charge in [0.25, 0.3) is 5.69 Å². The van der Waals surface area contributed by atoms with Gasteiger partial charge in [0, 0.05) is 0 Å². The van der Waals surface area contributed by atoms with Crippen LogP contribution in [0.3, 0.4) is 0 Å². The summed E-state index contributed by atoms with van der Waals surface area (Å²) < 4.78 is 6.78. The van der Waals surface area contributed by atoms with E-state index in [1.807, 2.05) is 0 Å². The van der Waals surface area contributed by atoms with E-state index in [4.69, 9.17) is 22.1 Å². The van der Waals surface area contributed by atoms with E-state index in [-0.39, 0.29) is 24.8 Å². The van der Waals surface area contributed by atoms with Gasteiger partial charge in [-0.2, -0.15) is 0 Å². The first-order chi connectivity index (χ1) is 7.27. The van der Waals surface area contributed by atoms with Gasteiger partial charge < -0.3 is 15.6 Å². The summed E-state index contributed by atoms with van der Waals surface area (Å²) in [5.74, 6) is 0.587. The number of aliphatic hydroxyl groups is 1. The standard InChI is InChI=1S/C9H12N4O2/c1-11-7-8(10)13(6-2-3-6)12-9(7)15-5-4-14/h6,14H,2-5,10H2. The number of rotatable bonds is 4. The van der Waals surface area contributed by atoms with Crippen LogP contribution in [-0.4, -0.2) is 28.1 Å². The predicted octanol–water partition coefficient (Wildman–Crippen LogP) is 0.722. The molecule has 0 aromatic carbocycles. The molecule has 6 heteroatoms. The molecule has 0 unspecified atom stereocenters. The Morgan fingerprint density at radius 2 is 2.40 bits per heavy atom. The van der Waals surface area contributed by atoms with Gasteiger partial charge in [0.2, 0.25) is 5.88 Å². The first-order valence-corrected chi connectivity index (χ1v) is 4.77. The van der Waals surface area contributed by atoms with Crippen molar-refractivity contribution in [1.29, 1.82) is 0 Å². The lowest BCUT2D eigenvalue weighted by Gasteiger charge is -1.99. The van der Waals surface area contributed by atoms with Crippen molar-refractivity contribution in [2.24, 2.45) is 0 Å². The van der Waals surface area contributed by atoms with E-state index < -0.39 is 0 Å². The third-order valence-electron chi connectivity index (χ3n) is 2.23. The van der Waals surface area contributed by atoms with Gasteiger partial charge in [-0.15, -0.1) is 5.10 Å². The molecule has 0 amide bonds. The maximum atomic E-state index is 8.62. The quantitative estimate of drug-likeness (QED) is 0.715. The highest BCUT2D eigenvalue weighted by Gasteiger charge is 2.29. The van der Waals surface area contributed by atoms with E-state index in [0.717, 1.165) is 12.8 Å². The molecule has 0 spiro atoms. The van der Waals surface area contributed by atoms with Gasteiger partial charge in [0.05, 0.1) is 19.2 Å². The minimum Gasteiger partial charge on any atom is -0.483 e. The molecule has 1 aromatic rings. The zero-order chi connectivity index (χ0) is 10.8. The van der Waals surface area contributed by atoms with Crippen molar-refractivity contribution >= 4 is 11.5 Å². The lowest BCUT2D eigenvalue weighted by molar-refractivity contribution is 0.196. The Morgan fingerprint density at radius 3 is 2.93 bits per heavy atom. The molecule has 0 saturated heterocycles. The first kappa shape index (κ1) is 9.80. The molecule has 1 saturated carbocycles. The third-order valence-corrected chi connectivity index (χ3v) is 2.23. The van der Waals surface area contributed by atoms with E-state index >= 15 is 0 Å². The van der Waals surface area contributed by atoms with Crippen LogP contribution in [0.2, 0.25) is 0 Å². The summed E-state index contributed by atoms with van der Waals surface area (Å²) in [6.07, 6.45) is 2.09. The van der Waals surface area contributed by atoms with Crippen LogP contribution in [0.4, 0.5) is 11.5 Å². The molecule has 6 nitrogen and oxygen atoms in total. The lowest BCUT2D eigenvalue weighted by atomic mass is 10.5. The van der Waals surface area contributed by atoms with E-state index in [1.54, 1.807) is 4.68 Å². The fraction of sp³-hybridized carbons (Fsp3) is 0.556. The van der Waals surface area contributed by atoms with E-state index in [0.29, 0.717) is 11.9 Å². The molecule has 1 aliphatic carbocycles. The molecule has 0 aliphatic heterocycles. The van der Waals surface area contributed by atoms with E-state index in [2.05, 4.69) is 9.94 Å². The summed E-state index contributed by atoms with van der Waals surface area (Å²) in [4.78, 5) is 3.29. The lowest BCUT2D eigenvalue weighted by Crippen LogP contribution is -2.04. The first-order valence-electron chi connectivity index (χ1n) is 4.77. The van der Waals surface area contributed by atoms with Gasteiger partial charge in [-0.05, 0) is 12.8 Å². The summed E-state index contributed by atoms with van der Waals surface area (Å²) in [6, 6.07) is 0.317. The SMILES string of the molecule is [C-]#[N+]c1c(OCCO)nn(C2CC2)c1N. The van der Waals surface area contributed by atoms with Crippen LogP contribution < -0.4 is 10.5 Å². The number of hydrogen-bond acceptors (Lipinski definition) is 4. The van der Waals surface area contributed by atoms with Gasteiger partial charge in [-0.3, -0.25) is 4.68 Å². The number of hydrogen-bond donors (Lipinski definition) is 2. The topological polar surface area (TPSA) is 77.7 Å². The van der Waals surface area contributed by atoms with Gasteiger partial charge in [-0.1, -0.05) is 0 Å². The molecule has 1 aliphatic rings. The number of nitrogens with zero attached hydrogens (tertiary/aromatic N) is 3. The van der Waals surface area contributed by atoms with Crippen molar-refractivity contribution < 1.29 is 9.84 Å². The monoisotopic (exact) mass is 208 g/mol. The zero-order valence-corrected chi connectivity index (χ0v) is 8.18. The third kappa shape index (κ3) is 1.74. The van der Waals surface area contributed by atoms with Crippen LogP contribution in [-0.2, 0) is 0 Å². The number of nitrogen functional groups attached to an aromatic ring is 1. The molecule has 1 fully saturated rings. The molecule has 80 valence electrons. The average Bonchev–Trinajstić information content (AvgIpc) is 3.01. The van der Waals surface area contributed by atoms with Crippen LogP contribution in [0.25, 0.3) is 4.85 Å². The number of ether oxygens (including phenoxy) is 1. The molecular formula is C9H12N4O2. The Morgan fingerprint density at radius 1 is 1.67 bits per heavy atom. The molecule has 0 bridgehead atoms. The maximum Gasteiger partial charge on any atom is 0.288 e. The smallest absolute Gasteiger partial charge is 0.288 e. The summed E-state index contributed by atoms with van der Waals surface area (Å²) >= 11 is 0. The summed E-state index contributed by atoms with van der Waals surface area (Å²) in [5, 5.41) is 12.7. The highest BCUT2D eigenvalue weighted by atomic mass is 16.5. The van der Waals surface area contributed by atoms with Crippen LogP contribution >= 0.6 is 0 Å². The molecule has 1 aromatic heterocycles. The summed E-state index contributed by atoms with van der Waals surface area (Å²) in [6.45, 7) is 7.01. The normalized spacial score (nSPS) is 14.9. The van der Waals surface area contributed by atoms with Crippen molar-refractivity contribution in [2.75, 3.05) is 18.9 Å². The number of aromatic nitrogens is 2. The number of nitrogens with two attached hydrogens (primary N) is 1. The van der Waals surface area contributed by atoms with Crippen LogP contribution in [0.5, 0.6) is 5.88 Å². The molecule has 1 heterocycles. The molecular weight excluding hydrogens is 196 g/mol. The van der Waals surface area contributed by atoms with Crippen LogP contribution in [0.15, 0.2) is 0 Å². The Bertz CT molecular complexity index is 403. The second-order valence-corrected chi connectivity index (χ2v) is 3.40. The largest absolute Gasteiger partial charge is 0.483 e. The second kappa shape index (κ2) is 3.79. The number of anilines is 1. The van der Waals surface area contributed by atoms with Crippen molar-refractivity contribution in [3.05, 3.63) is 11.4 Å². The van der Waals surface area contributed by atoms with Gasteiger partial charge >= 0.3 is 0 Å². The molecule has 15 heavy (non-hydrogen) atoms. The van der Waals surface area contributed by atoms with Crippen molar-refractivity contribution in [3.63, 3.8) is 0 Å². The summed E-state index contributed by atoms with van der Waals surface area (Å²) in [5.41, 5.74) is 6.02. The Kier molecular flexibility index (Phi) is 2.47. The molecule has 2 rings (SSSR count). The molecule has 3 N–H and O–H groups in total. The predicted molar refractivity (Wildman–Crippen MR) is 53.8 cm³/mol. The fourth-order valence-corrected chi connectivity index (χ4v) is 1.36. The van der Waals surface area contributed by atoms with Gasteiger partial charge in [0.1, 0.15) is 12.4 Å². The van der Waals surface area contributed by atoms with Crippen molar-refractivity contribution in [2.45, 2.75) is 18.9 Å². The second-order valence-electron chi connectivity index (χ2n) is 3.40. The fourth-order valence-electron chi connectivity index (χ4n) is 1.36. The minimum atomic E-state index is -0.104. The maximum absolute atomic E-state index is 8.62.